The summed E-state index contributed by atoms with van der Waals surface area (Å²) >= 11 is 5.50. The molecule has 0 aromatic heterocycles. The molecule has 0 aromatic rings. The van der Waals surface area contributed by atoms with Crippen molar-refractivity contribution in [1.29, 1.82) is 0 Å². The molecule has 0 aliphatic rings. The molecule has 0 unspecified atom stereocenters. The van der Waals surface area contributed by atoms with Gasteiger partial charge in [0.15, 0.2) is 0 Å². The first-order valence-electron chi connectivity index (χ1n) is 3.50. The normalized spacial score (nSPS) is 12.0. The van der Waals surface area contributed by atoms with Gasteiger partial charge in [-0.25, -0.2) is 0 Å². The molecule has 0 saturated carbocycles. The van der Waals surface area contributed by atoms with Crippen LogP contribution in [0.1, 0.15) is 26.7 Å². The summed E-state index contributed by atoms with van der Waals surface area (Å²) in [6.07, 6.45) is 2.79. The molecule has 0 bridgehead atoms. The third-order valence-corrected chi connectivity index (χ3v) is 14.0. The molecule has 0 rings (SSSR count). The Balaban J connectivity index is 3.43. The maximum atomic E-state index is 2.75. The SMILES string of the molecule is CC[CH2][Ti]([I])([I])[CH2]CC. The summed E-state index contributed by atoms with van der Waals surface area (Å²) in [5.41, 5.74) is 0. The molecule has 0 aromatic carbocycles. The van der Waals surface area contributed by atoms with Gasteiger partial charge < -0.3 is 0 Å². The van der Waals surface area contributed by atoms with Gasteiger partial charge in [-0.3, -0.25) is 0 Å². The molecule has 0 N–H and O–H groups in total. The monoisotopic (exact) mass is 388 g/mol. The topological polar surface area (TPSA) is 0 Å². The molecule has 0 fully saturated rings. The van der Waals surface area contributed by atoms with E-state index in [2.05, 4.69) is 52.2 Å². The molecule has 56 valence electrons. The van der Waals surface area contributed by atoms with E-state index in [1.54, 1.807) is 0 Å². The van der Waals surface area contributed by atoms with Crippen LogP contribution < -0.4 is 0 Å². The third-order valence-electron chi connectivity index (χ3n) is 1.23. The van der Waals surface area contributed by atoms with Crippen molar-refractivity contribution in [3.63, 3.8) is 0 Å². The fraction of sp³-hybridized carbons (Fsp3) is 1.00. The quantitative estimate of drug-likeness (QED) is 0.492. The first-order chi connectivity index (χ1) is 4.12. The summed E-state index contributed by atoms with van der Waals surface area (Å²) in [4.78, 5) is 0. The van der Waals surface area contributed by atoms with Gasteiger partial charge in [0.2, 0.25) is 0 Å². The van der Waals surface area contributed by atoms with Gasteiger partial charge in [-0.15, -0.1) is 0 Å². The molecule has 0 saturated heterocycles. The Morgan fingerprint density at radius 1 is 1.00 bits per heavy atom. The summed E-state index contributed by atoms with van der Waals surface area (Å²) in [5, 5.41) is 0. The van der Waals surface area contributed by atoms with Gasteiger partial charge in [0.25, 0.3) is 0 Å². The van der Waals surface area contributed by atoms with Gasteiger partial charge in [0, 0.05) is 0 Å². The second-order valence-electron chi connectivity index (χ2n) is 2.36. The van der Waals surface area contributed by atoms with E-state index in [1.807, 2.05) is 0 Å². The van der Waals surface area contributed by atoms with Crippen LogP contribution in [0.3, 0.4) is 0 Å². The summed E-state index contributed by atoms with van der Waals surface area (Å²) < 4.78 is 3.07. The summed E-state index contributed by atoms with van der Waals surface area (Å²) in [6.45, 7) is 4.60. The average Bonchev–Trinajstić information content (AvgIpc) is 1.64. The minimum atomic E-state index is -1.22. The zero-order valence-electron chi connectivity index (χ0n) is 6.08. The zero-order valence-corrected chi connectivity index (χ0v) is 12.0. The van der Waals surface area contributed by atoms with E-state index in [1.165, 1.54) is 22.3 Å². The predicted octanol–water partition coefficient (Wildman–Crippen LogP) is 4.50. The molecule has 0 amide bonds. The van der Waals surface area contributed by atoms with Crippen molar-refractivity contribution in [2.24, 2.45) is 0 Å². The van der Waals surface area contributed by atoms with Crippen molar-refractivity contribution in [3.8, 4) is 0 Å². The molecule has 3 heteroatoms. The van der Waals surface area contributed by atoms with Crippen LogP contribution in [0.4, 0.5) is 0 Å². The number of rotatable bonds is 4. The van der Waals surface area contributed by atoms with Crippen molar-refractivity contribution >= 4 is 38.4 Å². The molecule has 0 spiro atoms. The summed E-state index contributed by atoms with van der Waals surface area (Å²) in [6, 6.07) is 0. The third kappa shape index (κ3) is 6.57. The van der Waals surface area contributed by atoms with E-state index in [9.17, 15) is 0 Å². The number of hydrogen-bond donors (Lipinski definition) is 0. The Labute approximate surface area is 82.3 Å². The Bertz CT molecular complexity index is 65.5. The van der Waals surface area contributed by atoms with E-state index >= 15 is 0 Å². The van der Waals surface area contributed by atoms with Crippen molar-refractivity contribution in [2.75, 3.05) is 0 Å². The Hall–Kier alpha value is 2.17. The van der Waals surface area contributed by atoms with E-state index < -0.39 is 9.09 Å². The molecule has 0 nitrogen and oxygen atoms in total. The number of halogens is 2. The zero-order chi connectivity index (χ0) is 7.33. The number of hydrogen-bond acceptors (Lipinski definition) is 0. The van der Waals surface area contributed by atoms with Crippen LogP contribution in [0.15, 0.2) is 0 Å². The van der Waals surface area contributed by atoms with E-state index in [0.29, 0.717) is 0 Å². The van der Waals surface area contributed by atoms with Gasteiger partial charge in [0.1, 0.15) is 0 Å². The van der Waals surface area contributed by atoms with E-state index in [-0.39, 0.29) is 0 Å². The van der Waals surface area contributed by atoms with Crippen molar-refractivity contribution in [3.05, 3.63) is 0 Å². The second-order valence-corrected chi connectivity index (χ2v) is 32.1. The first kappa shape index (κ1) is 11.2. The van der Waals surface area contributed by atoms with Gasteiger partial charge in [-0.1, -0.05) is 0 Å². The summed E-state index contributed by atoms with van der Waals surface area (Å²) in [7, 11) is -1.22. The Kier molecular flexibility index (Phi) is 7.17. The van der Waals surface area contributed by atoms with Gasteiger partial charge in [-0.2, -0.15) is 0 Å². The van der Waals surface area contributed by atoms with Crippen LogP contribution in [0.25, 0.3) is 0 Å². The second kappa shape index (κ2) is 5.78. The van der Waals surface area contributed by atoms with Crippen LogP contribution in [-0.2, 0) is 9.09 Å². The predicted molar refractivity (Wildman–Crippen MR) is 58.2 cm³/mol. The van der Waals surface area contributed by atoms with E-state index in [4.69, 9.17) is 0 Å². The van der Waals surface area contributed by atoms with E-state index in [0.717, 1.165) is 0 Å². The first-order valence-corrected chi connectivity index (χ1v) is 15.8. The van der Waals surface area contributed by atoms with Crippen LogP contribution in [0.5, 0.6) is 0 Å². The van der Waals surface area contributed by atoms with Crippen molar-refractivity contribution in [1.82, 2.24) is 0 Å². The summed E-state index contributed by atoms with van der Waals surface area (Å²) in [5.74, 6) is 0. The Morgan fingerprint density at radius 3 is 1.56 bits per heavy atom. The molecule has 0 heterocycles. The van der Waals surface area contributed by atoms with Crippen molar-refractivity contribution in [2.45, 2.75) is 36.1 Å². The van der Waals surface area contributed by atoms with Crippen LogP contribution in [-0.4, -0.2) is 0 Å². The van der Waals surface area contributed by atoms with Gasteiger partial charge in [-0.05, 0) is 0 Å². The molecular formula is C6H14I2Ti. The Morgan fingerprint density at radius 2 is 1.33 bits per heavy atom. The molecule has 9 heavy (non-hydrogen) atoms. The van der Waals surface area contributed by atoms with Crippen LogP contribution in [0.2, 0.25) is 9.45 Å². The van der Waals surface area contributed by atoms with Crippen molar-refractivity contribution < 1.29 is 9.09 Å². The van der Waals surface area contributed by atoms with Gasteiger partial charge >= 0.3 is 83.6 Å². The molecule has 0 aliphatic heterocycles. The fourth-order valence-corrected chi connectivity index (χ4v) is 12.4. The minimum absolute atomic E-state index is 1.22. The molecular weight excluding hydrogens is 374 g/mol. The molecule has 0 radical (unpaired) electrons. The molecule has 0 atom stereocenters. The average molecular weight is 388 g/mol. The van der Waals surface area contributed by atoms with Crippen LogP contribution in [0, 0.1) is 0 Å². The maximum absolute atomic E-state index is 2.75. The van der Waals surface area contributed by atoms with Crippen LogP contribution >= 0.6 is 38.4 Å². The standard InChI is InChI=1S/2C3H7.2HI.Ti/c2*1-3-2;;;/h2*1,3H2,2H3;2*1H;/q;;;;+2/p-2. The van der Waals surface area contributed by atoms with Gasteiger partial charge in [0.05, 0.1) is 0 Å². The fourth-order valence-electron chi connectivity index (χ4n) is 0.857. The molecule has 0 aliphatic carbocycles.